The summed E-state index contributed by atoms with van der Waals surface area (Å²) in [4.78, 5) is 11.9. The molecular formula is C11H11NO4S. The number of sulfone groups is 1. The summed E-state index contributed by atoms with van der Waals surface area (Å²) in [6, 6.07) is 6.31. The molecule has 1 fully saturated rings. The van der Waals surface area contributed by atoms with E-state index in [0.717, 1.165) is 0 Å². The van der Waals surface area contributed by atoms with Crippen LogP contribution in [0.1, 0.15) is 11.6 Å². The molecule has 1 saturated heterocycles. The quantitative estimate of drug-likeness (QED) is 0.754. The third-order valence-corrected chi connectivity index (χ3v) is 4.77. The molecule has 0 aromatic heterocycles. The maximum absolute atomic E-state index is 11.8. The second-order valence-corrected chi connectivity index (χ2v) is 6.21. The SMILES string of the molecule is O=C(NC1CS(=O)(=O)c2ccccc21)C1CO1. The van der Waals surface area contributed by atoms with Gasteiger partial charge in [0.25, 0.3) is 5.91 Å². The largest absolute Gasteiger partial charge is 0.363 e. The van der Waals surface area contributed by atoms with Crippen molar-refractivity contribution in [3.05, 3.63) is 29.8 Å². The van der Waals surface area contributed by atoms with E-state index in [1.807, 2.05) is 0 Å². The molecule has 1 aromatic carbocycles. The number of fused-ring (bicyclic) bond motifs is 1. The predicted molar refractivity (Wildman–Crippen MR) is 59.1 cm³/mol. The molecule has 3 rings (SSSR count). The van der Waals surface area contributed by atoms with Crippen LogP contribution >= 0.6 is 0 Å². The number of hydrogen-bond donors (Lipinski definition) is 1. The molecule has 90 valence electrons. The van der Waals surface area contributed by atoms with E-state index in [1.165, 1.54) is 0 Å². The van der Waals surface area contributed by atoms with Crippen molar-refractivity contribution in [2.75, 3.05) is 12.4 Å². The Morgan fingerprint density at radius 3 is 2.76 bits per heavy atom. The first-order valence-electron chi connectivity index (χ1n) is 5.31. The highest BCUT2D eigenvalue weighted by Crippen LogP contribution is 2.33. The van der Waals surface area contributed by atoms with E-state index in [2.05, 4.69) is 5.32 Å². The highest BCUT2D eigenvalue weighted by Gasteiger charge is 2.38. The third-order valence-electron chi connectivity index (χ3n) is 2.96. The van der Waals surface area contributed by atoms with E-state index in [9.17, 15) is 13.2 Å². The van der Waals surface area contributed by atoms with Crippen molar-refractivity contribution < 1.29 is 17.9 Å². The predicted octanol–water partition coefficient (Wildman–Crippen LogP) is 0.0300. The fourth-order valence-electron chi connectivity index (χ4n) is 2.03. The van der Waals surface area contributed by atoms with Crippen LogP contribution in [0.4, 0.5) is 0 Å². The van der Waals surface area contributed by atoms with Gasteiger partial charge in [-0.15, -0.1) is 0 Å². The Kier molecular flexibility index (Phi) is 2.24. The zero-order valence-corrected chi connectivity index (χ0v) is 9.74. The molecule has 0 saturated carbocycles. The van der Waals surface area contributed by atoms with Gasteiger partial charge >= 0.3 is 0 Å². The van der Waals surface area contributed by atoms with Gasteiger partial charge in [0.05, 0.1) is 23.3 Å². The Morgan fingerprint density at radius 2 is 2.06 bits per heavy atom. The molecule has 2 heterocycles. The number of amides is 1. The molecule has 0 spiro atoms. The van der Waals surface area contributed by atoms with Gasteiger partial charge in [0.1, 0.15) is 0 Å². The van der Waals surface area contributed by atoms with Crippen LogP contribution in [0.15, 0.2) is 29.2 Å². The van der Waals surface area contributed by atoms with Crippen LogP contribution in [-0.4, -0.2) is 32.8 Å². The molecule has 1 amide bonds. The molecule has 2 aliphatic heterocycles. The van der Waals surface area contributed by atoms with Gasteiger partial charge < -0.3 is 10.1 Å². The number of rotatable bonds is 2. The molecule has 1 N–H and O–H groups in total. The van der Waals surface area contributed by atoms with E-state index in [1.54, 1.807) is 24.3 Å². The average Bonchev–Trinajstić information content (AvgIpc) is 3.08. The number of benzene rings is 1. The lowest BCUT2D eigenvalue weighted by Gasteiger charge is -2.11. The first-order valence-corrected chi connectivity index (χ1v) is 6.97. The van der Waals surface area contributed by atoms with Crippen LogP contribution in [0.25, 0.3) is 0 Å². The highest BCUT2D eigenvalue weighted by atomic mass is 32.2. The van der Waals surface area contributed by atoms with E-state index in [-0.39, 0.29) is 11.7 Å². The molecule has 0 radical (unpaired) electrons. The molecular weight excluding hydrogens is 242 g/mol. The summed E-state index contributed by atoms with van der Waals surface area (Å²) >= 11 is 0. The fraction of sp³-hybridized carbons (Fsp3) is 0.364. The second-order valence-electron chi connectivity index (χ2n) is 4.20. The number of epoxide rings is 1. The number of nitrogens with one attached hydrogen (secondary N) is 1. The summed E-state index contributed by atoms with van der Waals surface area (Å²) in [6.07, 6.45) is -0.398. The third kappa shape index (κ3) is 1.83. The minimum atomic E-state index is -3.26. The van der Waals surface area contributed by atoms with Gasteiger partial charge in [0.2, 0.25) is 0 Å². The lowest BCUT2D eigenvalue weighted by atomic mass is 10.1. The minimum Gasteiger partial charge on any atom is -0.363 e. The Labute approximate surface area is 98.7 Å². The van der Waals surface area contributed by atoms with Gasteiger partial charge in [0, 0.05) is 0 Å². The van der Waals surface area contributed by atoms with Crippen molar-refractivity contribution in [2.45, 2.75) is 17.0 Å². The van der Waals surface area contributed by atoms with Crippen molar-refractivity contribution in [2.24, 2.45) is 0 Å². The second kappa shape index (κ2) is 3.54. The van der Waals surface area contributed by atoms with Gasteiger partial charge in [-0.1, -0.05) is 18.2 Å². The zero-order valence-electron chi connectivity index (χ0n) is 8.92. The molecule has 2 atom stereocenters. The standard InChI is InChI=1S/C11H11NO4S/c13-11(9-5-16-9)12-8-6-17(14,15)10-4-2-1-3-7(8)10/h1-4,8-9H,5-6H2,(H,12,13). The van der Waals surface area contributed by atoms with Crippen molar-refractivity contribution in [3.8, 4) is 0 Å². The Hall–Kier alpha value is -1.40. The maximum atomic E-state index is 11.8. The van der Waals surface area contributed by atoms with Crippen LogP contribution in [0.5, 0.6) is 0 Å². The first kappa shape index (κ1) is 10.7. The van der Waals surface area contributed by atoms with Gasteiger partial charge in [-0.2, -0.15) is 0 Å². The molecule has 1 aromatic rings. The Balaban J connectivity index is 1.91. The van der Waals surface area contributed by atoms with Crippen LogP contribution in [0, 0.1) is 0 Å². The number of carbonyl (C=O) groups is 1. The molecule has 17 heavy (non-hydrogen) atoms. The summed E-state index contributed by atoms with van der Waals surface area (Å²) in [7, 11) is -3.26. The number of ether oxygens (including phenoxy) is 1. The van der Waals surface area contributed by atoms with Crippen LogP contribution in [-0.2, 0) is 19.4 Å². The zero-order chi connectivity index (χ0) is 12.0. The summed E-state index contributed by atoms with van der Waals surface area (Å²) in [5.74, 6) is -0.299. The smallest absolute Gasteiger partial charge is 0.252 e. The first-order chi connectivity index (χ1) is 8.08. The Morgan fingerprint density at radius 1 is 1.35 bits per heavy atom. The van der Waals surface area contributed by atoms with E-state index in [0.29, 0.717) is 17.1 Å². The molecule has 5 nitrogen and oxygen atoms in total. The van der Waals surface area contributed by atoms with Gasteiger partial charge in [-0.25, -0.2) is 8.42 Å². The fourth-order valence-corrected chi connectivity index (χ4v) is 3.77. The van der Waals surface area contributed by atoms with Gasteiger partial charge in [-0.05, 0) is 11.6 Å². The maximum Gasteiger partial charge on any atom is 0.252 e. The van der Waals surface area contributed by atoms with Crippen LogP contribution in [0.3, 0.4) is 0 Å². The number of carbonyl (C=O) groups excluding carboxylic acids is 1. The van der Waals surface area contributed by atoms with Crippen molar-refractivity contribution in [1.82, 2.24) is 5.32 Å². The Bertz CT molecular complexity index is 577. The van der Waals surface area contributed by atoms with Crippen molar-refractivity contribution in [3.63, 3.8) is 0 Å². The van der Waals surface area contributed by atoms with Gasteiger partial charge in [0.15, 0.2) is 15.9 Å². The molecule has 2 unspecified atom stereocenters. The summed E-state index contributed by atoms with van der Waals surface area (Å²) < 4.78 is 28.6. The minimum absolute atomic E-state index is 0.0647. The molecule has 0 bridgehead atoms. The topological polar surface area (TPSA) is 75.8 Å². The lowest BCUT2D eigenvalue weighted by Crippen LogP contribution is -2.32. The number of hydrogen-bond acceptors (Lipinski definition) is 4. The molecule has 2 aliphatic rings. The van der Waals surface area contributed by atoms with Crippen LogP contribution < -0.4 is 5.32 Å². The lowest BCUT2D eigenvalue weighted by molar-refractivity contribution is -0.122. The van der Waals surface area contributed by atoms with E-state index in [4.69, 9.17) is 4.74 Å². The summed E-state index contributed by atoms with van der Waals surface area (Å²) in [5.41, 5.74) is 0.668. The molecule has 6 heteroatoms. The normalized spacial score (nSPS) is 28.5. The van der Waals surface area contributed by atoms with Crippen LogP contribution in [0.2, 0.25) is 0 Å². The van der Waals surface area contributed by atoms with Gasteiger partial charge in [-0.3, -0.25) is 4.79 Å². The van der Waals surface area contributed by atoms with Crippen molar-refractivity contribution >= 4 is 15.7 Å². The highest BCUT2D eigenvalue weighted by molar-refractivity contribution is 7.91. The van der Waals surface area contributed by atoms with E-state index >= 15 is 0 Å². The van der Waals surface area contributed by atoms with Crippen molar-refractivity contribution in [1.29, 1.82) is 0 Å². The monoisotopic (exact) mass is 253 g/mol. The summed E-state index contributed by atoms with van der Waals surface area (Å²) in [6.45, 7) is 0.424. The molecule has 0 aliphatic carbocycles. The summed E-state index contributed by atoms with van der Waals surface area (Å²) in [5, 5.41) is 2.71. The van der Waals surface area contributed by atoms with E-state index < -0.39 is 22.0 Å². The average molecular weight is 253 g/mol.